The zero-order valence-electron chi connectivity index (χ0n) is 7.74. The topological polar surface area (TPSA) is 25.4 Å². The summed E-state index contributed by atoms with van der Waals surface area (Å²) in [6.45, 7) is 0.571. The summed E-state index contributed by atoms with van der Waals surface area (Å²) in [6.07, 6.45) is 0. The average Bonchev–Trinajstić information content (AvgIpc) is 2.05. The van der Waals surface area contributed by atoms with Gasteiger partial charge in [-0.05, 0) is 12.1 Å². The van der Waals surface area contributed by atoms with E-state index in [4.69, 9.17) is 4.74 Å². The maximum absolute atomic E-state index is 4.98. The fourth-order valence-electron chi connectivity index (χ4n) is 0.944. The van der Waals surface area contributed by atoms with Crippen LogP contribution >= 0.6 is 0 Å². The highest BCUT2D eigenvalue weighted by atomic mass is 16.5. The summed E-state index contributed by atoms with van der Waals surface area (Å²) >= 11 is 0. The number of hydrogen-bond donors (Lipinski definition) is 0. The van der Waals surface area contributed by atoms with Crippen molar-refractivity contribution < 1.29 is 4.74 Å². The SMILES string of the molecule is COCc1cccc(N(C)C)n1. The van der Waals surface area contributed by atoms with E-state index in [1.54, 1.807) is 7.11 Å². The predicted octanol–water partition coefficient (Wildman–Crippen LogP) is 1.29. The molecule has 0 saturated heterocycles. The predicted molar refractivity (Wildman–Crippen MR) is 49.3 cm³/mol. The van der Waals surface area contributed by atoms with Gasteiger partial charge >= 0.3 is 0 Å². The van der Waals surface area contributed by atoms with Gasteiger partial charge in [0.15, 0.2) is 0 Å². The zero-order chi connectivity index (χ0) is 8.97. The van der Waals surface area contributed by atoms with Gasteiger partial charge in [0, 0.05) is 21.2 Å². The minimum atomic E-state index is 0.571. The molecule has 0 aliphatic rings. The first-order valence-electron chi connectivity index (χ1n) is 3.86. The summed E-state index contributed by atoms with van der Waals surface area (Å²) in [5.41, 5.74) is 0.962. The second-order valence-corrected chi connectivity index (χ2v) is 2.81. The summed E-state index contributed by atoms with van der Waals surface area (Å²) in [6, 6.07) is 5.91. The Balaban J connectivity index is 2.81. The van der Waals surface area contributed by atoms with Crippen LogP contribution in [0.25, 0.3) is 0 Å². The summed E-state index contributed by atoms with van der Waals surface area (Å²) in [7, 11) is 5.61. The molecule has 3 heteroatoms. The number of rotatable bonds is 3. The van der Waals surface area contributed by atoms with Crippen LogP contribution in [-0.2, 0) is 11.3 Å². The van der Waals surface area contributed by atoms with Gasteiger partial charge in [-0.2, -0.15) is 0 Å². The lowest BCUT2D eigenvalue weighted by Gasteiger charge is -2.11. The molecule has 0 amide bonds. The molecule has 0 aliphatic heterocycles. The Morgan fingerprint density at radius 1 is 1.42 bits per heavy atom. The van der Waals surface area contributed by atoms with E-state index in [1.165, 1.54) is 0 Å². The van der Waals surface area contributed by atoms with Gasteiger partial charge in [-0.1, -0.05) is 6.07 Å². The second kappa shape index (κ2) is 4.07. The molecule has 0 atom stereocenters. The van der Waals surface area contributed by atoms with Crippen LogP contribution in [0.15, 0.2) is 18.2 Å². The fraction of sp³-hybridized carbons (Fsp3) is 0.444. The van der Waals surface area contributed by atoms with E-state index in [-0.39, 0.29) is 0 Å². The molecule has 3 nitrogen and oxygen atoms in total. The van der Waals surface area contributed by atoms with Crippen molar-refractivity contribution in [3.63, 3.8) is 0 Å². The van der Waals surface area contributed by atoms with Crippen LogP contribution in [0.5, 0.6) is 0 Å². The van der Waals surface area contributed by atoms with Crippen molar-refractivity contribution in [3.05, 3.63) is 23.9 Å². The van der Waals surface area contributed by atoms with Gasteiger partial charge in [-0.25, -0.2) is 4.98 Å². The largest absolute Gasteiger partial charge is 0.378 e. The molecule has 1 rings (SSSR count). The number of nitrogens with zero attached hydrogens (tertiary/aromatic N) is 2. The van der Waals surface area contributed by atoms with Crippen LogP contribution in [0.1, 0.15) is 5.69 Å². The minimum Gasteiger partial charge on any atom is -0.378 e. The van der Waals surface area contributed by atoms with E-state index in [0.29, 0.717) is 6.61 Å². The molecule has 1 aromatic heterocycles. The summed E-state index contributed by atoms with van der Waals surface area (Å²) in [4.78, 5) is 6.33. The zero-order valence-corrected chi connectivity index (χ0v) is 7.74. The number of ether oxygens (including phenoxy) is 1. The standard InChI is InChI=1S/C9H14N2O/c1-11(2)9-6-4-5-8(10-9)7-12-3/h4-6H,7H2,1-3H3. The van der Waals surface area contributed by atoms with Crippen LogP contribution in [0.4, 0.5) is 5.82 Å². The third kappa shape index (κ3) is 2.20. The molecule has 66 valence electrons. The van der Waals surface area contributed by atoms with Gasteiger partial charge in [0.25, 0.3) is 0 Å². The molecule has 0 unspecified atom stereocenters. The van der Waals surface area contributed by atoms with Gasteiger partial charge in [-0.15, -0.1) is 0 Å². The monoisotopic (exact) mass is 166 g/mol. The van der Waals surface area contributed by atoms with Crippen molar-refractivity contribution in [2.75, 3.05) is 26.1 Å². The van der Waals surface area contributed by atoms with E-state index in [0.717, 1.165) is 11.5 Å². The maximum atomic E-state index is 4.98. The molecular formula is C9H14N2O. The maximum Gasteiger partial charge on any atom is 0.128 e. The van der Waals surface area contributed by atoms with E-state index in [1.807, 2.05) is 37.2 Å². The Hall–Kier alpha value is -1.09. The van der Waals surface area contributed by atoms with E-state index in [2.05, 4.69) is 4.98 Å². The Morgan fingerprint density at radius 3 is 2.75 bits per heavy atom. The first kappa shape index (κ1) is 9.00. The number of hydrogen-bond acceptors (Lipinski definition) is 3. The molecule has 0 radical (unpaired) electrons. The van der Waals surface area contributed by atoms with Crippen molar-refractivity contribution in [1.82, 2.24) is 4.98 Å². The first-order chi connectivity index (χ1) is 5.74. The number of methoxy groups -OCH3 is 1. The van der Waals surface area contributed by atoms with Crippen LogP contribution < -0.4 is 4.90 Å². The summed E-state index contributed by atoms with van der Waals surface area (Å²) < 4.78 is 4.98. The van der Waals surface area contributed by atoms with Crippen LogP contribution in [0.2, 0.25) is 0 Å². The third-order valence-corrected chi connectivity index (χ3v) is 1.54. The minimum absolute atomic E-state index is 0.571. The molecule has 0 fully saturated rings. The molecule has 1 heterocycles. The fourth-order valence-corrected chi connectivity index (χ4v) is 0.944. The molecule has 0 aromatic carbocycles. The molecule has 1 aromatic rings. The summed E-state index contributed by atoms with van der Waals surface area (Å²) in [5, 5.41) is 0. The smallest absolute Gasteiger partial charge is 0.128 e. The normalized spacial score (nSPS) is 9.92. The summed E-state index contributed by atoms with van der Waals surface area (Å²) in [5.74, 6) is 0.963. The molecule has 0 spiro atoms. The molecule has 0 saturated carbocycles. The van der Waals surface area contributed by atoms with Crippen molar-refractivity contribution >= 4 is 5.82 Å². The van der Waals surface area contributed by atoms with Gasteiger partial charge in [0.05, 0.1) is 12.3 Å². The lowest BCUT2D eigenvalue weighted by molar-refractivity contribution is 0.181. The van der Waals surface area contributed by atoms with Crippen molar-refractivity contribution in [3.8, 4) is 0 Å². The average molecular weight is 166 g/mol. The molecule has 0 N–H and O–H groups in total. The highest BCUT2D eigenvalue weighted by molar-refractivity contribution is 5.36. The van der Waals surface area contributed by atoms with Gasteiger partial charge in [0.2, 0.25) is 0 Å². The van der Waals surface area contributed by atoms with Crippen LogP contribution in [0.3, 0.4) is 0 Å². The van der Waals surface area contributed by atoms with Crippen molar-refractivity contribution in [2.24, 2.45) is 0 Å². The molecule has 0 aliphatic carbocycles. The van der Waals surface area contributed by atoms with E-state index in [9.17, 15) is 0 Å². The Morgan fingerprint density at radius 2 is 2.17 bits per heavy atom. The molecule has 0 bridgehead atoms. The molecular weight excluding hydrogens is 152 g/mol. The second-order valence-electron chi connectivity index (χ2n) is 2.81. The number of aromatic nitrogens is 1. The van der Waals surface area contributed by atoms with Crippen LogP contribution in [0, 0.1) is 0 Å². The van der Waals surface area contributed by atoms with Crippen molar-refractivity contribution in [1.29, 1.82) is 0 Å². The van der Waals surface area contributed by atoms with Gasteiger partial charge < -0.3 is 9.64 Å². The molecule has 12 heavy (non-hydrogen) atoms. The van der Waals surface area contributed by atoms with Gasteiger partial charge in [-0.3, -0.25) is 0 Å². The lowest BCUT2D eigenvalue weighted by Crippen LogP contribution is -2.11. The highest BCUT2D eigenvalue weighted by Gasteiger charge is 1.97. The van der Waals surface area contributed by atoms with E-state index >= 15 is 0 Å². The highest BCUT2D eigenvalue weighted by Crippen LogP contribution is 2.07. The quantitative estimate of drug-likeness (QED) is 0.676. The Bertz CT molecular complexity index is 248. The number of pyridine rings is 1. The van der Waals surface area contributed by atoms with E-state index < -0.39 is 0 Å². The third-order valence-electron chi connectivity index (χ3n) is 1.54. The van der Waals surface area contributed by atoms with Crippen molar-refractivity contribution in [2.45, 2.75) is 6.61 Å². The Kier molecular flexibility index (Phi) is 3.05. The number of anilines is 1. The van der Waals surface area contributed by atoms with Crippen LogP contribution in [-0.4, -0.2) is 26.2 Å². The Labute approximate surface area is 73.0 Å². The van der Waals surface area contributed by atoms with Gasteiger partial charge in [0.1, 0.15) is 5.82 Å². The lowest BCUT2D eigenvalue weighted by atomic mass is 10.3. The first-order valence-corrected chi connectivity index (χ1v) is 3.86.